The predicted molar refractivity (Wildman–Crippen MR) is 82.8 cm³/mol. The molecule has 1 atom stereocenters. The molecule has 1 aliphatic heterocycles. The lowest BCUT2D eigenvalue weighted by Gasteiger charge is -2.24. The largest absolute Gasteiger partial charge is 0.493 e. The average Bonchev–Trinajstić information content (AvgIpc) is 2.98. The van der Waals surface area contributed by atoms with Crippen molar-refractivity contribution in [3.63, 3.8) is 0 Å². The van der Waals surface area contributed by atoms with Gasteiger partial charge in [-0.25, -0.2) is 0 Å². The highest BCUT2D eigenvalue weighted by atomic mass is 16.5. The number of ether oxygens (including phenoxy) is 2. The third kappa shape index (κ3) is 3.66. The minimum absolute atomic E-state index is 0.465. The van der Waals surface area contributed by atoms with E-state index in [1.165, 1.54) is 31.5 Å². The molecule has 1 aromatic carbocycles. The molecule has 1 saturated heterocycles. The number of likely N-dealkylation sites (tertiary alicyclic amines) is 1. The number of nitrogens with zero attached hydrogens (tertiary/aromatic N) is 1. The summed E-state index contributed by atoms with van der Waals surface area (Å²) in [6, 6.07) is 6.71. The van der Waals surface area contributed by atoms with E-state index < -0.39 is 0 Å². The highest BCUT2D eigenvalue weighted by Crippen LogP contribution is 2.31. The molecule has 0 radical (unpaired) electrons. The Hall–Kier alpha value is -1.22. The molecule has 2 rings (SSSR count). The van der Waals surface area contributed by atoms with E-state index in [0.717, 1.165) is 18.1 Å². The monoisotopic (exact) mass is 277 g/mol. The Kier molecular flexibility index (Phi) is 5.30. The van der Waals surface area contributed by atoms with E-state index >= 15 is 0 Å². The van der Waals surface area contributed by atoms with Gasteiger partial charge in [0.05, 0.1) is 7.11 Å². The third-order valence-electron chi connectivity index (χ3n) is 4.10. The van der Waals surface area contributed by atoms with E-state index in [2.05, 4.69) is 37.8 Å². The van der Waals surface area contributed by atoms with Gasteiger partial charge in [0.2, 0.25) is 0 Å². The molecule has 1 aromatic rings. The van der Waals surface area contributed by atoms with Crippen molar-refractivity contribution in [1.29, 1.82) is 0 Å². The van der Waals surface area contributed by atoms with E-state index in [4.69, 9.17) is 9.47 Å². The first-order valence-electron chi connectivity index (χ1n) is 7.66. The zero-order chi connectivity index (χ0) is 14.5. The number of methoxy groups -OCH3 is 1. The lowest BCUT2D eigenvalue weighted by Crippen LogP contribution is -2.34. The maximum Gasteiger partial charge on any atom is 0.161 e. The van der Waals surface area contributed by atoms with Gasteiger partial charge in [-0.15, -0.1) is 0 Å². The predicted octanol–water partition coefficient (Wildman–Crippen LogP) is 3.68. The second-order valence-corrected chi connectivity index (χ2v) is 5.97. The second kappa shape index (κ2) is 6.98. The molecule has 0 aromatic heterocycles. The molecule has 0 bridgehead atoms. The van der Waals surface area contributed by atoms with Gasteiger partial charge >= 0.3 is 0 Å². The molecule has 0 saturated carbocycles. The van der Waals surface area contributed by atoms with Crippen LogP contribution in [0.5, 0.6) is 11.5 Å². The van der Waals surface area contributed by atoms with Gasteiger partial charge in [-0.3, -0.25) is 4.90 Å². The van der Waals surface area contributed by atoms with Crippen molar-refractivity contribution in [2.24, 2.45) is 0 Å². The maximum absolute atomic E-state index is 5.97. The van der Waals surface area contributed by atoms with Gasteiger partial charge in [0.25, 0.3) is 0 Å². The molecule has 1 fully saturated rings. The number of hydrogen-bond acceptors (Lipinski definition) is 3. The fourth-order valence-corrected chi connectivity index (χ4v) is 2.66. The number of benzene rings is 1. The van der Waals surface area contributed by atoms with Crippen molar-refractivity contribution in [3.05, 3.63) is 23.8 Å². The molecule has 0 N–H and O–H groups in total. The van der Waals surface area contributed by atoms with Crippen LogP contribution in [0.3, 0.4) is 0 Å². The Bertz CT molecular complexity index is 425. The van der Waals surface area contributed by atoms with Crippen LogP contribution in [0.1, 0.15) is 45.1 Å². The van der Waals surface area contributed by atoms with Crippen LogP contribution in [0.2, 0.25) is 0 Å². The summed E-state index contributed by atoms with van der Waals surface area (Å²) < 4.78 is 11.4. The van der Waals surface area contributed by atoms with Crippen LogP contribution < -0.4 is 9.47 Å². The summed E-state index contributed by atoms with van der Waals surface area (Å²) in [5, 5.41) is 0. The Morgan fingerprint density at radius 1 is 1.10 bits per heavy atom. The number of hydrogen-bond donors (Lipinski definition) is 0. The third-order valence-corrected chi connectivity index (χ3v) is 4.10. The van der Waals surface area contributed by atoms with Crippen molar-refractivity contribution < 1.29 is 9.47 Å². The average molecular weight is 277 g/mol. The number of rotatable bonds is 6. The van der Waals surface area contributed by atoms with Crippen LogP contribution in [0.4, 0.5) is 0 Å². The molecule has 0 aliphatic carbocycles. The highest BCUT2D eigenvalue weighted by molar-refractivity contribution is 5.43. The van der Waals surface area contributed by atoms with E-state index in [9.17, 15) is 0 Å². The van der Waals surface area contributed by atoms with Gasteiger partial charge in [0.1, 0.15) is 6.61 Å². The maximum atomic E-state index is 5.97. The standard InChI is InChI=1S/C17H27NO2/c1-13(2)15-7-8-16(17(11-15)19-4)20-12-14(3)18-9-5-6-10-18/h7-8,11,13-14H,5-6,9-10,12H2,1-4H3. The van der Waals surface area contributed by atoms with Gasteiger partial charge in [-0.1, -0.05) is 19.9 Å². The first-order valence-corrected chi connectivity index (χ1v) is 7.66. The molecule has 0 amide bonds. The lowest BCUT2D eigenvalue weighted by molar-refractivity contribution is 0.169. The quantitative estimate of drug-likeness (QED) is 0.791. The van der Waals surface area contributed by atoms with Crippen molar-refractivity contribution in [3.8, 4) is 11.5 Å². The van der Waals surface area contributed by atoms with Crippen molar-refractivity contribution in [2.45, 2.75) is 45.6 Å². The molecule has 20 heavy (non-hydrogen) atoms. The SMILES string of the molecule is COc1cc(C(C)C)ccc1OCC(C)N1CCCC1. The fraction of sp³-hybridized carbons (Fsp3) is 0.647. The Morgan fingerprint density at radius 3 is 2.40 bits per heavy atom. The zero-order valence-corrected chi connectivity index (χ0v) is 13.2. The summed E-state index contributed by atoms with van der Waals surface area (Å²) >= 11 is 0. The zero-order valence-electron chi connectivity index (χ0n) is 13.2. The molecule has 1 heterocycles. The molecular weight excluding hydrogens is 250 g/mol. The van der Waals surface area contributed by atoms with Crippen LogP contribution in [0.25, 0.3) is 0 Å². The molecule has 1 unspecified atom stereocenters. The summed E-state index contributed by atoms with van der Waals surface area (Å²) in [5.41, 5.74) is 1.28. The van der Waals surface area contributed by atoms with Crippen LogP contribution >= 0.6 is 0 Å². The summed E-state index contributed by atoms with van der Waals surface area (Å²) in [4.78, 5) is 2.50. The first-order chi connectivity index (χ1) is 9.61. The molecule has 3 nitrogen and oxygen atoms in total. The van der Waals surface area contributed by atoms with Crippen molar-refractivity contribution in [2.75, 3.05) is 26.8 Å². The fourth-order valence-electron chi connectivity index (χ4n) is 2.66. The topological polar surface area (TPSA) is 21.7 Å². The van der Waals surface area contributed by atoms with Crippen LogP contribution in [0, 0.1) is 0 Å². The van der Waals surface area contributed by atoms with Crippen molar-refractivity contribution in [1.82, 2.24) is 4.90 Å². The Balaban J connectivity index is 1.97. The van der Waals surface area contributed by atoms with E-state index in [1.807, 2.05) is 6.07 Å². The molecule has 3 heteroatoms. The van der Waals surface area contributed by atoms with Crippen LogP contribution in [-0.4, -0.2) is 37.7 Å². The normalized spacial score (nSPS) is 17.4. The van der Waals surface area contributed by atoms with E-state index in [1.54, 1.807) is 7.11 Å². The van der Waals surface area contributed by atoms with Crippen LogP contribution in [-0.2, 0) is 0 Å². The van der Waals surface area contributed by atoms with Crippen molar-refractivity contribution >= 4 is 0 Å². The van der Waals surface area contributed by atoms with Gasteiger partial charge in [0.15, 0.2) is 11.5 Å². The van der Waals surface area contributed by atoms with Gasteiger partial charge < -0.3 is 9.47 Å². The summed E-state index contributed by atoms with van der Waals surface area (Å²) in [7, 11) is 1.70. The smallest absolute Gasteiger partial charge is 0.161 e. The van der Waals surface area contributed by atoms with Gasteiger partial charge in [-0.05, 0) is 56.5 Å². The minimum Gasteiger partial charge on any atom is -0.493 e. The summed E-state index contributed by atoms with van der Waals surface area (Å²) in [5.74, 6) is 2.19. The van der Waals surface area contributed by atoms with Gasteiger partial charge in [-0.2, -0.15) is 0 Å². The van der Waals surface area contributed by atoms with E-state index in [0.29, 0.717) is 12.0 Å². The lowest BCUT2D eigenvalue weighted by atomic mass is 10.0. The minimum atomic E-state index is 0.465. The summed E-state index contributed by atoms with van der Waals surface area (Å²) in [6.45, 7) is 9.73. The summed E-state index contributed by atoms with van der Waals surface area (Å²) in [6.07, 6.45) is 2.63. The molecular formula is C17H27NO2. The molecule has 1 aliphatic rings. The Morgan fingerprint density at radius 2 is 1.80 bits per heavy atom. The molecule has 0 spiro atoms. The second-order valence-electron chi connectivity index (χ2n) is 5.97. The molecule has 112 valence electrons. The van der Waals surface area contributed by atoms with Gasteiger partial charge in [0, 0.05) is 6.04 Å². The highest BCUT2D eigenvalue weighted by Gasteiger charge is 2.19. The van der Waals surface area contributed by atoms with Crippen LogP contribution in [0.15, 0.2) is 18.2 Å². The Labute approximate surface area is 122 Å². The van der Waals surface area contributed by atoms with E-state index in [-0.39, 0.29) is 0 Å². The first kappa shape index (κ1) is 15.2.